The quantitative estimate of drug-likeness (QED) is 0.318. The number of nitrogens with zero attached hydrogens (tertiary/aromatic N) is 2. The van der Waals surface area contributed by atoms with Gasteiger partial charge in [0.05, 0.1) is 30.3 Å². The summed E-state index contributed by atoms with van der Waals surface area (Å²) >= 11 is 0. The van der Waals surface area contributed by atoms with Gasteiger partial charge in [-0.15, -0.1) is 0 Å². The van der Waals surface area contributed by atoms with Gasteiger partial charge in [0.15, 0.2) is 11.5 Å². The molecule has 10 heteroatoms. The molecule has 0 unspecified atom stereocenters. The average Bonchev–Trinajstić information content (AvgIpc) is 2.93. The van der Waals surface area contributed by atoms with Gasteiger partial charge in [0.1, 0.15) is 12.4 Å². The Kier molecular flexibility index (Phi) is 7.65. The number of methoxy groups -OCH3 is 1. The molecule has 0 radical (unpaired) electrons. The van der Waals surface area contributed by atoms with Crippen molar-refractivity contribution in [2.24, 2.45) is 0 Å². The Morgan fingerprint density at radius 3 is 2.38 bits per heavy atom. The molecule has 39 heavy (non-hydrogen) atoms. The first-order valence-corrected chi connectivity index (χ1v) is 12.6. The van der Waals surface area contributed by atoms with Gasteiger partial charge in [-0.3, -0.25) is 4.79 Å². The number of amides is 1. The summed E-state index contributed by atoms with van der Waals surface area (Å²) in [5.41, 5.74) is 2.54. The van der Waals surface area contributed by atoms with Crippen LogP contribution in [0.25, 0.3) is 22.2 Å². The smallest absolute Gasteiger partial charge is 0.416 e. The van der Waals surface area contributed by atoms with E-state index < -0.39 is 11.7 Å². The third kappa shape index (κ3) is 6.28. The zero-order valence-corrected chi connectivity index (χ0v) is 21.2. The Morgan fingerprint density at radius 1 is 1.00 bits per heavy atom. The SMILES string of the molecule is COc1cc2ncnc(-c3ccc(NC(=O)Cc4ccc(C(F)(F)F)cc4)cc3)c2cc1OC1CCNCC1. The molecule has 2 N–H and O–H groups in total. The van der Waals surface area contributed by atoms with Crippen LogP contribution in [0.3, 0.4) is 0 Å². The van der Waals surface area contributed by atoms with Gasteiger partial charge in [0, 0.05) is 22.7 Å². The number of fused-ring (bicyclic) bond motifs is 1. The highest BCUT2D eigenvalue weighted by molar-refractivity contribution is 5.95. The molecule has 0 atom stereocenters. The van der Waals surface area contributed by atoms with Gasteiger partial charge in [0.2, 0.25) is 5.91 Å². The summed E-state index contributed by atoms with van der Waals surface area (Å²) in [5, 5.41) is 6.92. The Morgan fingerprint density at radius 2 is 1.72 bits per heavy atom. The largest absolute Gasteiger partial charge is 0.493 e. The van der Waals surface area contributed by atoms with E-state index >= 15 is 0 Å². The van der Waals surface area contributed by atoms with Crippen molar-refractivity contribution >= 4 is 22.5 Å². The van der Waals surface area contributed by atoms with Crippen molar-refractivity contribution in [2.45, 2.75) is 31.5 Å². The number of benzene rings is 3. The molecule has 0 aliphatic carbocycles. The van der Waals surface area contributed by atoms with Crippen LogP contribution >= 0.6 is 0 Å². The Bertz CT molecular complexity index is 1450. The van der Waals surface area contributed by atoms with E-state index in [1.54, 1.807) is 19.2 Å². The third-order valence-corrected chi connectivity index (χ3v) is 6.59. The van der Waals surface area contributed by atoms with E-state index in [2.05, 4.69) is 20.6 Å². The summed E-state index contributed by atoms with van der Waals surface area (Å²) < 4.78 is 50.1. The fraction of sp³-hybridized carbons (Fsp3) is 0.276. The van der Waals surface area contributed by atoms with Gasteiger partial charge in [-0.1, -0.05) is 24.3 Å². The van der Waals surface area contributed by atoms with Crippen LogP contribution in [0.5, 0.6) is 11.5 Å². The van der Waals surface area contributed by atoms with Gasteiger partial charge < -0.3 is 20.1 Å². The summed E-state index contributed by atoms with van der Waals surface area (Å²) in [5.74, 6) is 0.915. The molecular weight excluding hydrogens is 509 g/mol. The number of aromatic nitrogens is 2. The summed E-state index contributed by atoms with van der Waals surface area (Å²) in [4.78, 5) is 21.4. The molecule has 7 nitrogen and oxygen atoms in total. The molecule has 1 fully saturated rings. The number of ether oxygens (including phenoxy) is 2. The minimum Gasteiger partial charge on any atom is -0.493 e. The van der Waals surface area contributed by atoms with E-state index in [0.717, 1.165) is 49.0 Å². The molecular formula is C29H27F3N4O3. The van der Waals surface area contributed by atoms with Crippen LogP contribution in [0.4, 0.5) is 18.9 Å². The van der Waals surface area contributed by atoms with Crippen LogP contribution in [-0.2, 0) is 17.4 Å². The molecule has 2 heterocycles. The standard InChI is InChI=1S/C29H27F3N4O3/c1-38-25-16-24-23(15-26(25)39-22-10-12-33-13-11-22)28(35-17-34-24)19-4-8-21(9-5-19)36-27(37)14-18-2-6-20(7-3-18)29(30,31)32/h2-9,15-17,22,33H,10-14H2,1H3,(H,36,37). The fourth-order valence-electron chi connectivity index (χ4n) is 4.55. The molecule has 1 aromatic heterocycles. The first-order chi connectivity index (χ1) is 18.8. The van der Waals surface area contributed by atoms with Crippen molar-refractivity contribution in [3.63, 3.8) is 0 Å². The van der Waals surface area contributed by atoms with Crippen LogP contribution in [0, 0.1) is 0 Å². The van der Waals surface area contributed by atoms with E-state index in [1.807, 2.05) is 24.3 Å². The van der Waals surface area contributed by atoms with Gasteiger partial charge in [-0.25, -0.2) is 9.97 Å². The summed E-state index contributed by atoms with van der Waals surface area (Å²) in [7, 11) is 1.60. The number of carbonyl (C=O) groups is 1. The minimum absolute atomic E-state index is 0.0435. The predicted molar refractivity (Wildman–Crippen MR) is 142 cm³/mol. The molecule has 0 bridgehead atoms. The van der Waals surface area contributed by atoms with E-state index in [-0.39, 0.29) is 18.4 Å². The summed E-state index contributed by atoms with van der Waals surface area (Å²) in [6, 6.07) is 15.5. The van der Waals surface area contributed by atoms with Crippen molar-refractivity contribution < 1.29 is 27.4 Å². The second-order valence-corrected chi connectivity index (χ2v) is 9.31. The molecule has 202 valence electrons. The molecule has 4 aromatic rings. The Hall–Kier alpha value is -4.18. The first-order valence-electron chi connectivity index (χ1n) is 12.6. The second kappa shape index (κ2) is 11.3. The Balaban J connectivity index is 1.32. The van der Waals surface area contributed by atoms with Crippen molar-refractivity contribution in [1.82, 2.24) is 15.3 Å². The maximum atomic E-state index is 12.8. The highest BCUT2D eigenvalue weighted by Crippen LogP contribution is 2.37. The number of hydrogen-bond donors (Lipinski definition) is 2. The maximum absolute atomic E-state index is 12.8. The number of hydrogen-bond acceptors (Lipinski definition) is 6. The lowest BCUT2D eigenvalue weighted by atomic mass is 10.0. The van der Waals surface area contributed by atoms with Crippen molar-refractivity contribution in [3.05, 3.63) is 78.1 Å². The van der Waals surface area contributed by atoms with Gasteiger partial charge >= 0.3 is 6.18 Å². The van der Waals surface area contributed by atoms with Gasteiger partial charge in [0.25, 0.3) is 0 Å². The monoisotopic (exact) mass is 536 g/mol. The molecule has 0 saturated carbocycles. The number of anilines is 1. The van der Waals surface area contributed by atoms with E-state index in [9.17, 15) is 18.0 Å². The lowest BCUT2D eigenvalue weighted by molar-refractivity contribution is -0.137. The molecule has 1 amide bonds. The third-order valence-electron chi connectivity index (χ3n) is 6.59. The highest BCUT2D eigenvalue weighted by Gasteiger charge is 2.30. The molecule has 1 saturated heterocycles. The van der Waals surface area contributed by atoms with E-state index in [4.69, 9.17) is 9.47 Å². The minimum atomic E-state index is -4.41. The van der Waals surface area contributed by atoms with Crippen LogP contribution in [0.15, 0.2) is 67.0 Å². The number of nitrogens with one attached hydrogen (secondary N) is 2. The first kappa shape index (κ1) is 26.4. The molecule has 5 rings (SSSR count). The van der Waals surface area contributed by atoms with Crippen molar-refractivity contribution in [2.75, 3.05) is 25.5 Å². The van der Waals surface area contributed by atoms with Crippen LogP contribution in [-0.4, -0.2) is 42.2 Å². The summed E-state index contributed by atoms with van der Waals surface area (Å²) in [6.07, 6.45) is -1.05. The van der Waals surface area contributed by atoms with Gasteiger partial charge in [-0.05, 0) is 61.8 Å². The summed E-state index contributed by atoms with van der Waals surface area (Å²) in [6.45, 7) is 1.81. The number of piperidine rings is 1. The van der Waals surface area contributed by atoms with E-state index in [0.29, 0.717) is 34.0 Å². The lowest BCUT2D eigenvalue weighted by Gasteiger charge is -2.25. The van der Waals surface area contributed by atoms with Crippen LogP contribution < -0.4 is 20.1 Å². The number of carbonyl (C=O) groups excluding carboxylic acids is 1. The predicted octanol–water partition coefficient (Wildman–Crippen LogP) is 5.64. The molecule has 1 aliphatic rings. The van der Waals surface area contributed by atoms with E-state index in [1.165, 1.54) is 18.5 Å². The van der Waals surface area contributed by atoms with Crippen LogP contribution in [0.1, 0.15) is 24.0 Å². The molecule has 3 aromatic carbocycles. The number of rotatable bonds is 7. The number of alkyl halides is 3. The second-order valence-electron chi connectivity index (χ2n) is 9.31. The van der Waals surface area contributed by atoms with Crippen molar-refractivity contribution in [1.29, 1.82) is 0 Å². The molecule has 1 aliphatic heterocycles. The zero-order valence-electron chi connectivity index (χ0n) is 21.2. The fourth-order valence-corrected chi connectivity index (χ4v) is 4.55. The number of halogens is 3. The van der Waals surface area contributed by atoms with Crippen LogP contribution in [0.2, 0.25) is 0 Å². The highest BCUT2D eigenvalue weighted by atomic mass is 19.4. The normalized spacial score (nSPS) is 14.3. The Labute approximate surface area is 223 Å². The zero-order chi connectivity index (χ0) is 27.4. The average molecular weight is 537 g/mol. The van der Waals surface area contributed by atoms with Crippen molar-refractivity contribution in [3.8, 4) is 22.8 Å². The molecule has 0 spiro atoms. The maximum Gasteiger partial charge on any atom is 0.416 e. The lowest BCUT2D eigenvalue weighted by Crippen LogP contribution is -2.34. The topological polar surface area (TPSA) is 85.4 Å². The van der Waals surface area contributed by atoms with Gasteiger partial charge in [-0.2, -0.15) is 13.2 Å².